The van der Waals surface area contributed by atoms with Gasteiger partial charge in [-0.3, -0.25) is 0 Å². The maximum absolute atomic E-state index is 11.0. The number of carbonyl (C=O) groups is 1. The predicted molar refractivity (Wildman–Crippen MR) is 59.1 cm³/mol. The Hall–Kier alpha value is -1.29. The van der Waals surface area contributed by atoms with Crippen LogP contribution in [-0.4, -0.2) is 22.2 Å². The molecular weight excluding hydrogens is 230 g/mol. The molecule has 0 bridgehead atoms. The van der Waals surface area contributed by atoms with Crippen LogP contribution in [0.5, 0.6) is 5.88 Å². The van der Waals surface area contributed by atoms with Crippen LogP contribution in [0.3, 0.4) is 0 Å². The van der Waals surface area contributed by atoms with E-state index in [1.54, 1.807) is 0 Å². The van der Waals surface area contributed by atoms with Crippen LogP contribution in [0.1, 0.15) is 36.0 Å². The maximum Gasteiger partial charge on any atom is 0.341 e. The number of carboxylic acids is 1. The number of halogens is 1. The number of nitrogens with zero attached hydrogens (tertiary/aromatic N) is 1. The van der Waals surface area contributed by atoms with Crippen LogP contribution in [0.2, 0.25) is 5.02 Å². The second kappa shape index (κ2) is 4.70. The van der Waals surface area contributed by atoms with Crippen LogP contribution < -0.4 is 4.74 Å². The minimum Gasteiger partial charge on any atom is -0.477 e. The molecule has 1 aromatic rings. The van der Waals surface area contributed by atoms with Crippen LogP contribution in [0.4, 0.5) is 0 Å². The molecule has 2 rings (SSSR count). The number of carboxylic acid groups (broad SMARTS) is 1. The Kier molecular flexibility index (Phi) is 3.29. The molecule has 0 radical (unpaired) electrons. The van der Waals surface area contributed by atoms with E-state index in [0.29, 0.717) is 5.02 Å². The van der Waals surface area contributed by atoms with Gasteiger partial charge in [-0.1, -0.05) is 11.6 Å². The first-order chi connectivity index (χ1) is 7.66. The number of hydrogen-bond donors (Lipinski definition) is 1. The van der Waals surface area contributed by atoms with Crippen molar-refractivity contribution >= 4 is 17.6 Å². The Morgan fingerprint density at radius 2 is 2.19 bits per heavy atom. The molecule has 86 valence electrons. The summed E-state index contributed by atoms with van der Waals surface area (Å²) in [6.07, 6.45) is 5.67. The summed E-state index contributed by atoms with van der Waals surface area (Å²) < 4.78 is 5.57. The van der Waals surface area contributed by atoms with Gasteiger partial charge in [0.05, 0.1) is 5.02 Å². The maximum atomic E-state index is 11.0. The molecule has 4 nitrogen and oxygen atoms in total. The van der Waals surface area contributed by atoms with E-state index in [1.165, 1.54) is 12.3 Å². The molecule has 1 saturated carbocycles. The van der Waals surface area contributed by atoms with Gasteiger partial charge in [0, 0.05) is 6.20 Å². The second-order valence-corrected chi connectivity index (χ2v) is 4.27. The molecule has 1 aromatic heterocycles. The Bertz CT molecular complexity index is 402. The smallest absolute Gasteiger partial charge is 0.341 e. The highest BCUT2D eigenvalue weighted by molar-refractivity contribution is 6.30. The van der Waals surface area contributed by atoms with Crippen molar-refractivity contribution in [2.24, 2.45) is 0 Å². The van der Waals surface area contributed by atoms with Crippen LogP contribution in [-0.2, 0) is 0 Å². The van der Waals surface area contributed by atoms with E-state index in [4.69, 9.17) is 21.4 Å². The fourth-order valence-electron chi connectivity index (χ4n) is 1.84. The summed E-state index contributed by atoms with van der Waals surface area (Å²) in [6.45, 7) is 0. The molecule has 0 amide bonds. The SMILES string of the molecule is O=C(O)c1cc(Cl)cnc1OC1CCCC1. The minimum atomic E-state index is -1.07. The monoisotopic (exact) mass is 241 g/mol. The van der Waals surface area contributed by atoms with E-state index < -0.39 is 5.97 Å². The van der Waals surface area contributed by atoms with Gasteiger partial charge in [0.25, 0.3) is 0 Å². The summed E-state index contributed by atoms with van der Waals surface area (Å²) in [4.78, 5) is 14.9. The molecule has 0 spiro atoms. The lowest BCUT2D eigenvalue weighted by Crippen LogP contribution is -2.14. The van der Waals surface area contributed by atoms with Crippen molar-refractivity contribution in [3.63, 3.8) is 0 Å². The second-order valence-electron chi connectivity index (χ2n) is 3.84. The first-order valence-corrected chi connectivity index (χ1v) is 5.60. The van der Waals surface area contributed by atoms with Crippen LogP contribution in [0.25, 0.3) is 0 Å². The highest BCUT2D eigenvalue weighted by Crippen LogP contribution is 2.26. The molecule has 0 aliphatic heterocycles. The highest BCUT2D eigenvalue weighted by atomic mass is 35.5. The van der Waals surface area contributed by atoms with Crippen LogP contribution in [0.15, 0.2) is 12.3 Å². The fourth-order valence-corrected chi connectivity index (χ4v) is 2.00. The quantitative estimate of drug-likeness (QED) is 0.884. The standard InChI is InChI=1S/C11H12ClNO3/c12-7-5-9(11(14)15)10(13-6-7)16-8-3-1-2-4-8/h5-6,8H,1-4H2,(H,14,15). The number of hydrogen-bond acceptors (Lipinski definition) is 3. The van der Waals surface area contributed by atoms with Crippen LogP contribution in [0, 0.1) is 0 Å². The normalized spacial score (nSPS) is 16.3. The molecule has 1 N–H and O–H groups in total. The molecule has 0 aromatic carbocycles. The summed E-state index contributed by atoms with van der Waals surface area (Å²) in [6, 6.07) is 1.36. The average Bonchev–Trinajstić information content (AvgIpc) is 2.73. The largest absolute Gasteiger partial charge is 0.477 e. The van der Waals surface area contributed by atoms with E-state index >= 15 is 0 Å². The molecule has 1 aliphatic rings. The van der Waals surface area contributed by atoms with E-state index in [1.807, 2.05) is 0 Å². The van der Waals surface area contributed by atoms with Crippen molar-refractivity contribution in [1.82, 2.24) is 4.98 Å². The van der Waals surface area contributed by atoms with Gasteiger partial charge in [0.2, 0.25) is 5.88 Å². The third-order valence-electron chi connectivity index (χ3n) is 2.63. The molecule has 1 heterocycles. The Balaban J connectivity index is 2.21. The minimum absolute atomic E-state index is 0.0272. The molecule has 0 atom stereocenters. The summed E-state index contributed by atoms with van der Waals surface area (Å²) in [5.41, 5.74) is 0.0272. The Labute approximate surface area is 98.2 Å². The van der Waals surface area contributed by atoms with Crippen molar-refractivity contribution in [2.45, 2.75) is 31.8 Å². The molecule has 1 fully saturated rings. The van der Waals surface area contributed by atoms with Crippen molar-refractivity contribution < 1.29 is 14.6 Å². The van der Waals surface area contributed by atoms with Crippen LogP contribution >= 0.6 is 11.6 Å². The fraction of sp³-hybridized carbons (Fsp3) is 0.455. The predicted octanol–water partition coefficient (Wildman–Crippen LogP) is 2.75. The molecule has 16 heavy (non-hydrogen) atoms. The van der Waals surface area contributed by atoms with Crippen molar-refractivity contribution in [3.8, 4) is 5.88 Å². The summed E-state index contributed by atoms with van der Waals surface area (Å²) in [5, 5.41) is 9.29. The zero-order chi connectivity index (χ0) is 11.5. The van der Waals surface area contributed by atoms with Gasteiger partial charge < -0.3 is 9.84 Å². The third kappa shape index (κ3) is 2.44. The number of aromatic nitrogens is 1. The Morgan fingerprint density at radius 1 is 1.50 bits per heavy atom. The van der Waals surface area contributed by atoms with E-state index in [-0.39, 0.29) is 17.5 Å². The number of pyridine rings is 1. The highest BCUT2D eigenvalue weighted by Gasteiger charge is 2.21. The van der Waals surface area contributed by atoms with Gasteiger partial charge in [-0.2, -0.15) is 0 Å². The average molecular weight is 242 g/mol. The molecular formula is C11H12ClNO3. The molecule has 0 saturated heterocycles. The summed E-state index contributed by atoms with van der Waals surface area (Å²) in [5.74, 6) is -0.896. The van der Waals surface area contributed by atoms with Gasteiger partial charge >= 0.3 is 5.97 Å². The third-order valence-corrected chi connectivity index (χ3v) is 2.84. The lowest BCUT2D eigenvalue weighted by atomic mass is 10.2. The van der Waals surface area contributed by atoms with Gasteiger partial charge in [-0.05, 0) is 31.7 Å². The molecule has 5 heteroatoms. The number of rotatable bonds is 3. The van der Waals surface area contributed by atoms with E-state index in [9.17, 15) is 4.79 Å². The topological polar surface area (TPSA) is 59.4 Å². The Morgan fingerprint density at radius 3 is 2.81 bits per heavy atom. The number of aromatic carboxylic acids is 1. The van der Waals surface area contributed by atoms with Crippen molar-refractivity contribution in [1.29, 1.82) is 0 Å². The lowest BCUT2D eigenvalue weighted by molar-refractivity contribution is 0.0687. The van der Waals surface area contributed by atoms with Gasteiger partial charge in [-0.25, -0.2) is 9.78 Å². The first-order valence-electron chi connectivity index (χ1n) is 5.22. The van der Waals surface area contributed by atoms with Crippen molar-refractivity contribution in [2.75, 3.05) is 0 Å². The zero-order valence-electron chi connectivity index (χ0n) is 8.65. The van der Waals surface area contributed by atoms with Gasteiger partial charge in [0.15, 0.2) is 0 Å². The number of ether oxygens (including phenoxy) is 1. The lowest BCUT2D eigenvalue weighted by Gasteiger charge is -2.13. The van der Waals surface area contributed by atoms with Gasteiger partial charge in [0.1, 0.15) is 11.7 Å². The van der Waals surface area contributed by atoms with Crippen molar-refractivity contribution in [3.05, 3.63) is 22.8 Å². The zero-order valence-corrected chi connectivity index (χ0v) is 9.41. The van der Waals surface area contributed by atoms with Gasteiger partial charge in [-0.15, -0.1) is 0 Å². The first kappa shape index (κ1) is 11.2. The summed E-state index contributed by atoms with van der Waals surface area (Å²) >= 11 is 5.70. The van der Waals surface area contributed by atoms with E-state index in [0.717, 1.165) is 25.7 Å². The summed E-state index contributed by atoms with van der Waals surface area (Å²) in [7, 11) is 0. The molecule has 1 aliphatic carbocycles. The van der Waals surface area contributed by atoms with E-state index in [2.05, 4.69) is 4.98 Å². The molecule has 0 unspecified atom stereocenters.